The molecule has 1 saturated carbocycles. The zero-order valence-electron chi connectivity index (χ0n) is 9.72. The molecule has 78 valence electrons. The normalized spacial score (nSPS) is 19.4. The first-order valence-corrected chi connectivity index (χ1v) is 5.76. The third kappa shape index (κ3) is 3.95. The summed E-state index contributed by atoms with van der Waals surface area (Å²) in [5.41, 5.74) is 3.04. The van der Waals surface area contributed by atoms with E-state index in [9.17, 15) is 0 Å². The van der Waals surface area contributed by atoms with E-state index in [1.807, 2.05) is 0 Å². The van der Waals surface area contributed by atoms with Gasteiger partial charge in [0.05, 0.1) is 0 Å². The summed E-state index contributed by atoms with van der Waals surface area (Å²) in [6.07, 6.45) is 14.0. The molecule has 1 fully saturated rings. The van der Waals surface area contributed by atoms with Crippen molar-refractivity contribution in [1.29, 1.82) is 0 Å². The predicted molar refractivity (Wildman–Crippen MR) is 64.3 cm³/mol. The number of rotatable bonds is 5. The minimum absolute atomic E-state index is 0.902. The lowest BCUT2D eigenvalue weighted by Crippen LogP contribution is -1.82. The predicted octanol–water partition coefficient (Wildman–Crippen LogP) is 4.65. The highest BCUT2D eigenvalue weighted by molar-refractivity contribution is 5.28. The van der Waals surface area contributed by atoms with Crippen LogP contribution in [0.15, 0.2) is 35.5 Å². The molecule has 0 N–H and O–H groups in total. The Kier molecular flexibility index (Phi) is 4.72. The highest BCUT2D eigenvalue weighted by Gasteiger charge is 2.23. The summed E-state index contributed by atoms with van der Waals surface area (Å²) < 4.78 is 0. The molecule has 0 radical (unpaired) electrons. The number of hydrogen-bond acceptors (Lipinski definition) is 0. The van der Waals surface area contributed by atoms with Crippen molar-refractivity contribution in [2.75, 3.05) is 0 Å². The van der Waals surface area contributed by atoms with Crippen LogP contribution in [-0.4, -0.2) is 0 Å². The highest BCUT2D eigenvalue weighted by Crippen LogP contribution is 2.37. The average molecular weight is 190 g/mol. The Morgan fingerprint density at radius 3 is 2.50 bits per heavy atom. The van der Waals surface area contributed by atoms with Gasteiger partial charge in [-0.2, -0.15) is 0 Å². The van der Waals surface area contributed by atoms with E-state index in [0.717, 1.165) is 5.92 Å². The van der Waals surface area contributed by atoms with Crippen LogP contribution >= 0.6 is 0 Å². The van der Waals surface area contributed by atoms with Crippen LogP contribution in [0.2, 0.25) is 0 Å². The molecule has 0 aromatic heterocycles. The maximum Gasteiger partial charge on any atom is -0.0200 e. The monoisotopic (exact) mass is 190 g/mol. The summed E-state index contributed by atoms with van der Waals surface area (Å²) in [5.74, 6) is 0.902. The van der Waals surface area contributed by atoms with Crippen LogP contribution in [0, 0.1) is 5.92 Å². The molecule has 0 aromatic rings. The Labute approximate surface area is 88.4 Å². The molecule has 0 aliphatic heterocycles. The Balaban J connectivity index is 2.38. The third-order valence-corrected chi connectivity index (χ3v) is 2.86. The summed E-state index contributed by atoms with van der Waals surface area (Å²) in [6, 6.07) is 0. The summed E-state index contributed by atoms with van der Waals surface area (Å²) in [7, 11) is 0. The zero-order valence-corrected chi connectivity index (χ0v) is 9.72. The van der Waals surface area contributed by atoms with Gasteiger partial charge in [-0.1, -0.05) is 48.8 Å². The largest absolute Gasteiger partial charge is 0.0845 e. The van der Waals surface area contributed by atoms with Gasteiger partial charge in [-0.05, 0) is 39.0 Å². The van der Waals surface area contributed by atoms with Crippen LogP contribution < -0.4 is 0 Å². The Morgan fingerprint density at radius 2 is 1.93 bits per heavy atom. The second-order valence-electron chi connectivity index (χ2n) is 4.22. The number of allylic oxidation sites excluding steroid dienone is 6. The SMILES string of the molecule is CCC\C=C/C=C\C(C)=C(\C)C1CC1. The van der Waals surface area contributed by atoms with Crippen molar-refractivity contribution >= 4 is 0 Å². The molecule has 1 rings (SSSR count). The standard InChI is InChI=1S/C14H22/c1-4-5-6-7-8-9-12(2)13(3)14-10-11-14/h6-9,14H,4-5,10-11H2,1-3H3/b7-6-,9-8-,13-12-. The van der Waals surface area contributed by atoms with Crippen molar-refractivity contribution in [3.05, 3.63) is 35.5 Å². The van der Waals surface area contributed by atoms with Crippen LogP contribution in [-0.2, 0) is 0 Å². The van der Waals surface area contributed by atoms with Gasteiger partial charge in [-0.25, -0.2) is 0 Å². The highest BCUT2D eigenvalue weighted by atomic mass is 14.3. The maximum absolute atomic E-state index is 2.27. The van der Waals surface area contributed by atoms with E-state index in [1.165, 1.54) is 31.3 Å². The second kappa shape index (κ2) is 5.85. The van der Waals surface area contributed by atoms with E-state index < -0.39 is 0 Å². The summed E-state index contributed by atoms with van der Waals surface area (Å²) >= 11 is 0. The fourth-order valence-electron chi connectivity index (χ4n) is 1.51. The quantitative estimate of drug-likeness (QED) is 0.554. The van der Waals surface area contributed by atoms with Gasteiger partial charge in [-0.3, -0.25) is 0 Å². The molecule has 0 unspecified atom stereocenters. The molecule has 0 amide bonds. The molecule has 1 aliphatic carbocycles. The van der Waals surface area contributed by atoms with Crippen molar-refractivity contribution in [2.24, 2.45) is 5.92 Å². The molecule has 0 spiro atoms. The molecule has 0 atom stereocenters. The first-order valence-electron chi connectivity index (χ1n) is 5.76. The summed E-state index contributed by atoms with van der Waals surface area (Å²) in [4.78, 5) is 0. The van der Waals surface area contributed by atoms with Gasteiger partial charge in [0.25, 0.3) is 0 Å². The Morgan fingerprint density at radius 1 is 1.21 bits per heavy atom. The number of unbranched alkanes of at least 4 members (excludes halogenated alkanes) is 1. The lowest BCUT2D eigenvalue weighted by Gasteiger charge is -1.99. The lowest BCUT2D eigenvalue weighted by molar-refractivity contribution is 0.958. The molecule has 14 heavy (non-hydrogen) atoms. The van der Waals surface area contributed by atoms with Gasteiger partial charge >= 0.3 is 0 Å². The average Bonchev–Trinajstić information content (AvgIpc) is 2.99. The van der Waals surface area contributed by atoms with Gasteiger partial charge in [0, 0.05) is 0 Å². The van der Waals surface area contributed by atoms with Gasteiger partial charge in [0.2, 0.25) is 0 Å². The van der Waals surface area contributed by atoms with Crippen LogP contribution in [0.3, 0.4) is 0 Å². The lowest BCUT2D eigenvalue weighted by atomic mass is 10.1. The van der Waals surface area contributed by atoms with Crippen LogP contribution in [0.5, 0.6) is 0 Å². The molecule has 0 bridgehead atoms. The Hall–Kier alpha value is -0.780. The minimum Gasteiger partial charge on any atom is -0.0845 e. The molecule has 1 aliphatic rings. The second-order valence-corrected chi connectivity index (χ2v) is 4.22. The third-order valence-electron chi connectivity index (χ3n) is 2.86. The topological polar surface area (TPSA) is 0 Å². The van der Waals surface area contributed by atoms with E-state index in [1.54, 1.807) is 5.57 Å². The van der Waals surface area contributed by atoms with Crippen LogP contribution in [0.25, 0.3) is 0 Å². The van der Waals surface area contributed by atoms with Crippen LogP contribution in [0.4, 0.5) is 0 Å². The van der Waals surface area contributed by atoms with Crippen molar-refractivity contribution in [3.63, 3.8) is 0 Å². The molecule has 0 heteroatoms. The van der Waals surface area contributed by atoms with Gasteiger partial charge in [0.15, 0.2) is 0 Å². The van der Waals surface area contributed by atoms with Crippen molar-refractivity contribution in [2.45, 2.75) is 46.5 Å². The maximum atomic E-state index is 2.27. The van der Waals surface area contributed by atoms with E-state index in [0.29, 0.717) is 0 Å². The van der Waals surface area contributed by atoms with E-state index >= 15 is 0 Å². The molecule has 0 heterocycles. The van der Waals surface area contributed by atoms with E-state index in [4.69, 9.17) is 0 Å². The summed E-state index contributed by atoms with van der Waals surface area (Å²) in [5, 5.41) is 0. The van der Waals surface area contributed by atoms with Gasteiger partial charge < -0.3 is 0 Å². The molecule has 0 saturated heterocycles. The minimum atomic E-state index is 0.902. The fraction of sp³-hybridized carbons (Fsp3) is 0.571. The fourth-order valence-corrected chi connectivity index (χ4v) is 1.51. The number of hydrogen-bond donors (Lipinski definition) is 0. The van der Waals surface area contributed by atoms with Crippen molar-refractivity contribution in [1.82, 2.24) is 0 Å². The van der Waals surface area contributed by atoms with Crippen molar-refractivity contribution in [3.8, 4) is 0 Å². The first kappa shape index (κ1) is 11.3. The Bertz CT molecular complexity index is 249. The van der Waals surface area contributed by atoms with Gasteiger partial charge in [-0.15, -0.1) is 0 Å². The summed E-state index contributed by atoms with van der Waals surface area (Å²) in [6.45, 7) is 6.70. The van der Waals surface area contributed by atoms with Gasteiger partial charge in [0.1, 0.15) is 0 Å². The zero-order chi connectivity index (χ0) is 10.4. The van der Waals surface area contributed by atoms with E-state index in [2.05, 4.69) is 45.1 Å². The molecule has 0 nitrogen and oxygen atoms in total. The molecular weight excluding hydrogens is 168 g/mol. The smallest absolute Gasteiger partial charge is 0.0200 e. The first-order chi connectivity index (χ1) is 6.75. The van der Waals surface area contributed by atoms with Crippen LogP contribution in [0.1, 0.15) is 46.5 Å². The van der Waals surface area contributed by atoms with Crippen molar-refractivity contribution < 1.29 is 0 Å². The molecular formula is C14H22. The van der Waals surface area contributed by atoms with E-state index in [-0.39, 0.29) is 0 Å². The molecule has 0 aromatic carbocycles.